The van der Waals surface area contributed by atoms with Gasteiger partial charge in [-0.2, -0.15) is 0 Å². The molecule has 4 nitrogen and oxygen atoms in total. The van der Waals surface area contributed by atoms with E-state index in [-0.39, 0.29) is 0 Å². The lowest BCUT2D eigenvalue weighted by Crippen LogP contribution is -2.03. The zero-order valence-electron chi connectivity index (χ0n) is 16.1. The van der Waals surface area contributed by atoms with Crippen LogP contribution in [0.3, 0.4) is 0 Å². The predicted octanol–water partition coefficient (Wildman–Crippen LogP) is 6.13. The summed E-state index contributed by atoms with van der Waals surface area (Å²) in [6.07, 6.45) is 0. The SMILES string of the molecule is COc1ccc2c(c1)c(-c1ccccc1C(=O)O)c(C)n2Cc1ccc(Br)cc1. The van der Waals surface area contributed by atoms with Crippen LogP contribution in [-0.4, -0.2) is 22.8 Å². The number of aromatic carboxylic acids is 1. The minimum absolute atomic E-state index is 0.293. The number of aromatic nitrogens is 1. The van der Waals surface area contributed by atoms with Crippen molar-refractivity contribution in [2.24, 2.45) is 0 Å². The van der Waals surface area contributed by atoms with Gasteiger partial charge in [0.15, 0.2) is 0 Å². The van der Waals surface area contributed by atoms with Gasteiger partial charge in [-0.1, -0.05) is 46.3 Å². The molecule has 0 radical (unpaired) electrons. The van der Waals surface area contributed by atoms with Crippen molar-refractivity contribution in [2.75, 3.05) is 7.11 Å². The highest BCUT2D eigenvalue weighted by Gasteiger charge is 2.20. The Kier molecular flexibility index (Phi) is 5.16. The van der Waals surface area contributed by atoms with Gasteiger partial charge in [-0.15, -0.1) is 0 Å². The number of halogens is 1. The van der Waals surface area contributed by atoms with Gasteiger partial charge in [0.05, 0.1) is 12.7 Å². The molecule has 146 valence electrons. The number of rotatable bonds is 5. The largest absolute Gasteiger partial charge is 0.497 e. The maximum absolute atomic E-state index is 11.9. The molecule has 1 heterocycles. The number of hydrogen-bond acceptors (Lipinski definition) is 2. The molecule has 0 aliphatic carbocycles. The van der Waals surface area contributed by atoms with Gasteiger partial charge < -0.3 is 14.4 Å². The smallest absolute Gasteiger partial charge is 0.336 e. The molecule has 0 amide bonds. The second-order valence-corrected chi connectivity index (χ2v) is 7.82. The van der Waals surface area contributed by atoms with Crippen LogP contribution in [0, 0.1) is 6.92 Å². The molecule has 0 fully saturated rings. The fourth-order valence-electron chi connectivity index (χ4n) is 3.79. The zero-order valence-corrected chi connectivity index (χ0v) is 17.7. The molecule has 0 aliphatic rings. The molecule has 29 heavy (non-hydrogen) atoms. The van der Waals surface area contributed by atoms with Crippen LogP contribution in [0.15, 0.2) is 71.2 Å². The van der Waals surface area contributed by atoms with Crippen LogP contribution in [0.1, 0.15) is 21.6 Å². The van der Waals surface area contributed by atoms with Gasteiger partial charge in [0.1, 0.15) is 5.75 Å². The third-order valence-corrected chi connectivity index (χ3v) is 5.74. The van der Waals surface area contributed by atoms with E-state index in [9.17, 15) is 9.90 Å². The molecule has 1 aromatic heterocycles. The molecule has 0 atom stereocenters. The molecule has 0 saturated heterocycles. The van der Waals surface area contributed by atoms with E-state index in [2.05, 4.69) is 32.6 Å². The Balaban J connectivity index is 1.98. The highest BCUT2D eigenvalue weighted by Crippen LogP contribution is 2.38. The van der Waals surface area contributed by atoms with Crippen LogP contribution in [0.25, 0.3) is 22.0 Å². The summed E-state index contributed by atoms with van der Waals surface area (Å²) in [6, 6.07) is 21.3. The van der Waals surface area contributed by atoms with E-state index in [0.29, 0.717) is 17.7 Å². The fraction of sp³-hybridized carbons (Fsp3) is 0.125. The third-order valence-electron chi connectivity index (χ3n) is 5.21. The minimum atomic E-state index is -0.934. The predicted molar refractivity (Wildman–Crippen MR) is 119 cm³/mol. The maximum Gasteiger partial charge on any atom is 0.336 e. The van der Waals surface area contributed by atoms with Crippen molar-refractivity contribution in [3.05, 3.63) is 88.0 Å². The summed E-state index contributed by atoms with van der Waals surface area (Å²) in [6.45, 7) is 2.73. The van der Waals surface area contributed by atoms with Crippen molar-refractivity contribution in [1.82, 2.24) is 4.57 Å². The van der Waals surface area contributed by atoms with Crippen molar-refractivity contribution in [2.45, 2.75) is 13.5 Å². The first-order valence-electron chi connectivity index (χ1n) is 9.23. The van der Waals surface area contributed by atoms with E-state index in [0.717, 1.165) is 32.4 Å². The van der Waals surface area contributed by atoms with Gasteiger partial charge in [-0.3, -0.25) is 0 Å². The Morgan fingerprint density at radius 2 is 1.79 bits per heavy atom. The van der Waals surface area contributed by atoms with Crippen LogP contribution in [-0.2, 0) is 6.54 Å². The first-order valence-corrected chi connectivity index (χ1v) is 10.0. The summed E-state index contributed by atoms with van der Waals surface area (Å²) < 4.78 is 8.71. The molecule has 0 aliphatic heterocycles. The Bertz CT molecular complexity index is 1210. The normalized spacial score (nSPS) is 11.0. The van der Waals surface area contributed by atoms with Gasteiger partial charge in [0.25, 0.3) is 0 Å². The second kappa shape index (κ2) is 7.76. The molecule has 0 spiro atoms. The molecule has 0 saturated carbocycles. The number of benzene rings is 3. The average molecular weight is 450 g/mol. The number of ether oxygens (including phenoxy) is 1. The van der Waals surface area contributed by atoms with Crippen LogP contribution < -0.4 is 4.74 Å². The van der Waals surface area contributed by atoms with Gasteiger partial charge in [0.2, 0.25) is 0 Å². The molecular weight excluding hydrogens is 430 g/mol. The van der Waals surface area contributed by atoms with Crippen molar-refractivity contribution < 1.29 is 14.6 Å². The summed E-state index contributed by atoms with van der Waals surface area (Å²) in [7, 11) is 1.64. The molecule has 1 N–H and O–H groups in total. The first kappa shape index (κ1) is 19.3. The molecule has 0 unspecified atom stereocenters. The lowest BCUT2D eigenvalue weighted by molar-refractivity contribution is 0.0697. The number of methoxy groups -OCH3 is 1. The van der Waals surface area contributed by atoms with E-state index in [1.165, 1.54) is 5.56 Å². The van der Waals surface area contributed by atoms with E-state index in [4.69, 9.17) is 4.74 Å². The summed E-state index contributed by atoms with van der Waals surface area (Å²) in [4.78, 5) is 11.9. The number of carbonyl (C=O) groups is 1. The highest BCUT2D eigenvalue weighted by atomic mass is 79.9. The second-order valence-electron chi connectivity index (χ2n) is 6.91. The van der Waals surface area contributed by atoms with Crippen LogP contribution >= 0.6 is 15.9 Å². The number of fused-ring (bicyclic) bond motifs is 1. The summed E-state index contributed by atoms with van der Waals surface area (Å²) >= 11 is 3.48. The van der Waals surface area contributed by atoms with E-state index < -0.39 is 5.97 Å². The zero-order chi connectivity index (χ0) is 20.5. The number of carboxylic acid groups (broad SMARTS) is 1. The van der Waals surface area contributed by atoms with Crippen LogP contribution in [0.2, 0.25) is 0 Å². The molecule has 3 aromatic carbocycles. The number of carboxylic acids is 1. The Labute approximate surface area is 177 Å². The van der Waals surface area contributed by atoms with Crippen LogP contribution in [0.4, 0.5) is 0 Å². The maximum atomic E-state index is 11.9. The number of nitrogens with zero attached hydrogens (tertiary/aromatic N) is 1. The summed E-state index contributed by atoms with van der Waals surface area (Å²) in [5.74, 6) is -0.191. The Morgan fingerprint density at radius 1 is 1.07 bits per heavy atom. The molecule has 0 bridgehead atoms. The van der Waals surface area contributed by atoms with E-state index >= 15 is 0 Å². The van der Waals surface area contributed by atoms with Crippen molar-refractivity contribution in [3.8, 4) is 16.9 Å². The Hall–Kier alpha value is -3.05. The summed E-state index contributed by atoms with van der Waals surface area (Å²) in [5.41, 5.74) is 5.16. The average Bonchev–Trinajstić information content (AvgIpc) is 3.00. The fourth-order valence-corrected chi connectivity index (χ4v) is 4.06. The van der Waals surface area contributed by atoms with E-state index in [1.807, 2.05) is 49.4 Å². The number of hydrogen-bond donors (Lipinski definition) is 1. The lowest BCUT2D eigenvalue weighted by Gasteiger charge is -2.10. The summed E-state index contributed by atoms with van der Waals surface area (Å²) in [5, 5.41) is 10.7. The minimum Gasteiger partial charge on any atom is -0.497 e. The quantitative estimate of drug-likeness (QED) is 0.398. The van der Waals surface area contributed by atoms with Crippen LogP contribution in [0.5, 0.6) is 5.75 Å². The topological polar surface area (TPSA) is 51.5 Å². The van der Waals surface area contributed by atoms with Crippen molar-refractivity contribution >= 4 is 32.8 Å². The molecule has 5 heteroatoms. The molecule has 4 aromatic rings. The van der Waals surface area contributed by atoms with Gasteiger partial charge in [-0.25, -0.2) is 4.79 Å². The molecular formula is C24H20BrNO3. The highest BCUT2D eigenvalue weighted by molar-refractivity contribution is 9.10. The third kappa shape index (κ3) is 3.54. The molecule has 4 rings (SSSR count). The standard InChI is InChI=1S/C24H20BrNO3/c1-15-23(19-5-3-4-6-20(19)24(27)28)21-13-18(29-2)11-12-22(21)26(15)14-16-7-9-17(25)10-8-16/h3-13H,14H2,1-2H3,(H,27,28). The monoisotopic (exact) mass is 449 g/mol. The Morgan fingerprint density at radius 3 is 2.48 bits per heavy atom. The van der Waals surface area contributed by atoms with E-state index in [1.54, 1.807) is 19.2 Å². The van der Waals surface area contributed by atoms with Gasteiger partial charge >= 0.3 is 5.97 Å². The van der Waals surface area contributed by atoms with Gasteiger partial charge in [-0.05, 0) is 54.4 Å². The van der Waals surface area contributed by atoms with Crippen molar-refractivity contribution in [3.63, 3.8) is 0 Å². The van der Waals surface area contributed by atoms with Gasteiger partial charge in [0, 0.05) is 33.2 Å². The first-order chi connectivity index (χ1) is 14.0. The van der Waals surface area contributed by atoms with Crippen molar-refractivity contribution in [1.29, 1.82) is 0 Å². The lowest BCUT2D eigenvalue weighted by atomic mass is 9.97.